The first-order valence-corrected chi connectivity index (χ1v) is 10.7. The second kappa shape index (κ2) is 8.27. The lowest BCUT2D eigenvalue weighted by Gasteiger charge is -2.22. The number of anilines is 1. The summed E-state index contributed by atoms with van der Waals surface area (Å²) in [5.74, 6) is -1.44. The Bertz CT molecular complexity index is 1130. The second-order valence-electron chi connectivity index (χ2n) is 8.25. The number of rotatable bonds is 5. The van der Waals surface area contributed by atoms with Crippen molar-refractivity contribution in [2.24, 2.45) is 0 Å². The minimum atomic E-state index is -1.13. The number of nitrogens with zero attached hydrogens (tertiary/aromatic N) is 1. The van der Waals surface area contributed by atoms with E-state index >= 15 is 0 Å². The Labute approximate surface area is 190 Å². The van der Waals surface area contributed by atoms with Crippen molar-refractivity contribution in [2.45, 2.75) is 38.3 Å². The fourth-order valence-electron chi connectivity index (χ4n) is 4.22. The van der Waals surface area contributed by atoms with Gasteiger partial charge >= 0.3 is 6.03 Å². The molecule has 3 N–H and O–H groups in total. The van der Waals surface area contributed by atoms with E-state index in [1.54, 1.807) is 6.07 Å². The Kier molecular flexibility index (Phi) is 5.64. The number of fused-ring (bicyclic) bond motifs is 2. The van der Waals surface area contributed by atoms with Crippen molar-refractivity contribution in [3.8, 4) is 0 Å². The van der Waals surface area contributed by atoms with Crippen LogP contribution in [0.5, 0.6) is 0 Å². The number of amides is 5. The van der Waals surface area contributed by atoms with Gasteiger partial charge in [0, 0.05) is 11.1 Å². The van der Waals surface area contributed by atoms with Crippen molar-refractivity contribution in [3.05, 3.63) is 64.2 Å². The van der Waals surface area contributed by atoms with Crippen LogP contribution in [0.15, 0.2) is 42.5 Å². The van der Waals surface area contributed by atoms with E-state index in [0.29, 0.717) is 17.9 Å². The lowest BCUT2D eigenvalue weighted by atomic mass is 9.92. The highest BCUT2D eigenvalue weighted by molar-refractivity contribution is 6.31. The number of carbonyl (C=O) groups is 4. The van der Waals surface area contributed by atoms with E-state index in [4.69, 9.17) is 11.6 Å². The molecule has 0 saturated carbocycles. The van der Waals surface area contributed by atoms with E-state index in [2.05, 4.69) is 16.0 Å². The van der Waals surface area contributed by atoms with E-state index in [9.17, 15) is 19.2 Å². The number of aryl methyl sites for hydroxylation is 1. The van der Waals surface area contributed by atoms with Crippen LogP contribution in [-0.2, 0) is 21.5 Å². The molecule has 1 saturated heterocycles. The molecular formula is C23H23ClN4O4. The van der Waals surface area contributed by atoms with E-state index < -0.39 is 29.9 Å². The molecule has 0 bridgehead atoms. The molecule has 32 heavy (non-hydrogen) atoms. The summed E-state index contributed by atoms with van der Waals surface area (Å²) >= 11 is 6.05. The maximum atomic E-state index is 13.2. The number of nitrogens with one attached hydrogen (secondary N) is 3. The second-order valence-corrected chi connectivity index (χ2v) is 8.69. The number of urea groups is 1. The van der Waals surface area contributed by atoms with Gasteiger partial charge in [-0.2, -0.15) is 0 Å². The fourth-order valence-corrected chi connectivity index (χ4v) is 4.40. The molecule has 2 aromatic rings. The zero-order valence-electron chi connectivity index (χ0n) is 17.7. The number of hydrogen-bond donors (Lipinski definition) is 3. The van der Waals surface area contributed by atoms with Crippen molar-refractivity contribution in [1.82, 2.24) is 15.5 Å². The van der Waals surface area contributed by atoms with Crippen LogP contribution >= 0.6 is 11.6 Å². The molecule has 1 aliphatic heterocycles. The average molecular weight is 455 g/mol. The smallest absolute Gasteiger partial charge is 0.325 e. The van der Waals surface area contributed by atoms with Crippen molar-refractivity contribution in [1.29, 1.82) is 0 Å². The lowest BCUT2D eigenvalue weighted by Crippen LogP contribution is -2.43. The summed E-state index contributed by atoms with van der Waals surface area (Å²) < 4.78 is 0. The monoisotopic (exact) mass is 454 g/mol. The third-order valence-electron chi connectivity index (χ3n) is 5.64. The van der Waals surface area contributed by atoms with Crippen molar-refractivity contribution >= 4 is 41.0 Å². The van der Waals surface area contributed by atoms with Crippen LogP contribution in [0.4, 0.5) is 10.5 Å². The van der Waals surface area contributed by atoms with Gasteiger partial charge in [0.05, 0.1) is 11.3 Å². The Hall–Kier alpha value is -3.39. The quantitative estimate of drug-likeness (QED) is 0.604. The maximum absolute atomic E-state index is 13.2. The molecule has 5 amide bonds. The summed E-state index contributed by atoms with van der Waals surface area (Å²) in [5, 5.41) is 8.49. The topological polar surface area (TPSA) is 108 Å². The number of imide groups is 1. The predicted octanol–water partition coefficient (Wildman–Crippen LogP) is 2.81. The highest BCUT2D eigenvalue weighted by Crippen LogP contribution is 2.41. The van der Waals surface area contributed by atoms with Gasteiger partial charge in [0.1, 0.15) is 12.1 Å². The molecule has 0 aromatic heterocycles. The molecule has 8 nitrogen and oxygen atoms in total. The molecule has 1 atom stereocenters. The van der Waals surface area contributed by atoms with Gasteiger partial charge in [0.25, 0.3) is 11.8 Å². The largest absolute Gasteiger partial charge is 0.350 e. The van der Waals surface area contributed by atoms with Crippen LogP contribution in [0.25, 0.3) is 0 Å². The third-order valence-corrected chi connectivity index (χ3v) is 5.88. The SMILES string of the molecule is CC(C)NC(=O)c1ccc(Cl)cc1NC(=O)CN1C(=O)NC2(CCc3ccccc32)C1=O. The van der Waals surface area contributed by atoms with Gasteiger partial charge in [-0.3, -0.25) is 19.3 Å². The Balaban J connectivity index is 1.52. The van der Waals surface area contributed by atoms with E-state index in [1.165, 1.54) is 12.1 Å². The fraction of sp³-hybridized carbons (Fsp3) is 0.304. The normalized spacial score (nSPS) is 19.3. The summed E-state index contributed by atoms with van der Waals surface area (Å²) in [6, 6.07) is 11.3. The molecule has 166 valence electrons. The van der Waals surface area contributed by atoms with Crippen LogP contribution in [0, 0.1) is 0 Å². The minimum Gasteiger partial charge on any atom is -0.350 e. The van der Waals surface area contributed by atoms with Gasteiger partial charge in [-0.1, -0.05) is 35.9 Å². The highest BCUT2D eigenvalue weighted by atomic mass is 35.5. The summed E-state index contributed by atoms with van der Waals surface area (Å²) in [6.45, 7) is 3.16. The predicted molar refractivity (Wildman–Crippen MR) is 119 cm³/mol. The summed E-state index contributed by atoms with van der Waals surface area (Å²) in [7, 11) is 0. The summed E-state index contributed by atoms with van der Waals surface area (Å²) in [4.78, 5) is 52.0. The van der Waals surface area contributed by atoms with Crippen LogP contribution < -0.4 is 16.0 Å². The molecule has 4 rings (SSSR count). The molecule has 1 fully saturated rings. The van der Waals surface area contributed by atoms with E-state index in [-0.39, 0.29) is 23.2 Å². The van der Waals surface area contributed by atoms with E-state index in [1.807, 2.05) is 38.1 Å². The average Bonchev–Trinajstić information content (AvgIpc) is 3.21. The van der Waals surface area contributed by atoms with Crippen molar-refractivity contribution in [3.63, 3.8) is 0 Å². The zero-order chi connectivity index (χ0) is 23.0. The lowest BCUT2D eigenvalue weighted by molar-refractivity contribution is -0.134. The van der Waals surface area contributed by atoms with Crippen LogP contribution in [0.3, 0.4) is 0 Å². The Morgan fingerprint density at radius 1 is 1.19 bits per heavy atom. The standard InChI is InChI=1S/C23H23ClN4O4/c1-13(2)25-20(30)16-8-7-15(24)11-18(16)26-19(29)12-28-21(31)23(27-22(28)32)10-9-14-5-3-4-6-17(14)23/h3-8,11,13H,9-10,12H2,1-2H3,(H,25,30)(H,26,29)(H,27,32). The first-order chi connectivity index (χ1) is 15.2. The number of carbonyl (C=O) groups excluding carboxylic acids is 4. The first kappa shape index (κ1) is 21.8. The molecule has 2 aromatic carbocycles. The number of benzene rings is 2. The number of hydrogen-bond acceptors (Lipinski definition) is 4. The third kappa shape index (κ3) is 3.82. The van der Waals surface area contributed by atoms with Gasteiger partial charge in [0.2, 0.25) is 5.91 Å². The molecular weight excluding hydrogens is 432 g/mol. The Morgan fingerprint density at radius 2 is 1.94 bits per heavy atom. The van der Waals surface area contributed by atoms with Gasteiger partial charge < -0.3 is 16.0 Å². The van der Waals surface area contributed by atoms with Crippen molar-refractivity contribution < 1.29 is 19.2 Å². The molecule has 1 spiro atoms. The van der Waals surface area contributed by atoms with Crippen molar-refractivity contribution in [2.75, 3.05) is 11.9 Å². The highest BCUT2D eigenvalue weighted by Gasteiger charge is 2.55. The molecule has 1 heterocycles. The van der Waals surface area contributed by atoms with Gasteiger partial charge in [-0.05, 0) is 56.0 Å². The molecule has 2 aliphatic rings. The Morgan fingerprint density at radius 3 is 2.69 bits per heavy atom. The molecule has 1 unspecified atom stereocenters. The molecule has 1 aliphatic carbocycles. The van der Waals surface area contributed by atoms with Crippen LogP contribution in [-0.4, -0.2) is 41.2 Å². The zero-order valence-corrected chi connectivity index (χ0v) is 18.5. The van der Waals surface area contributed by atoms with Gasteiger partial charge in [-0.15, -0.1) is 0 Å². The maximum Gasteiger partial charge on any atom is 0.325 e. The summed E-state index contributed by atoms with van der Waals surface area (Å²) in [6.07, 6.45) is 1.11. The van der Waals surface area contributed by atoms with Crippen LogP contribution in [0.1, 0.15) is 41.8 Å². The summed E-state index contributed by atoms with van der Waals surface area (Å²) in [5.41, 5.74) is 1.08. The first-order valence-electron chi connectivity index (χ1n) is 10.3. The number of halogens is 1. The molecule has 0 radical (unpaired) electrons. The molecule has 9 heteroatoms. The van der Waals surface area contributed by atoms with Gasteiger partial charge in [0.15, 0.2) is 0 Å². The van der Waals surface area contributed by atoms with Crippen LogP contribution in [0.2, 0.25) is 5.02 Å². The minimum absolute atomic E-state index is 0.0990. The van der Waals surface area contributed by atoms with E-state index in [0.717, 1.165) is 16.0 Å². The van der Waals surface area contributed by atoms with Gasteiger partial charge in [-0.25, -0.2) is 4.79 Å².